The van der Waals surface area contributed by atoms with Gasteiger partial charge in [0.25, 0.3) is 5.56 Å². The molecule has 1 amide bonds. The highest BCUT2D eigenvalue weighted by Gasteiger charge is 2.39. The summed E-state index contributed by atoms with van der Waals surface area (Å²) in [6.45, 7) is 0.0634. The van der Waals surface area contributed by atoms with Gasteiger partial charge in [0.15, 0.2) is 0 Å². The third-order valence-electron chi connectivity index (χ3n) is 7.20. The number of halogens is 3. The Kier molecular flexibility index (Phi) is 6.46. The van der Waals surface area contributed by atoms with Crippen molar-refractivity contribution in [3.05, 3.63) is 75.7 Å². The van der Waals surface area contributed by atoms with Crippen LogP contribution in [0.5, 0.6) is 5.75 Å². The monoisotopic (exact) mass is 555 g/mol. The van der Waals surface area contributed by atoms with Crippen LogP contribution in [0.2, 0.25) is 5.02 Å². The molecule has 12 heteroatoms. The average Bonchev–Trinajstić information content (AvgIpc) is 3.55. The van der Waals surface area contributed by atoms with Gasteiger partial charge in [-0.15, -0.1) is 0 Å². The summed E-state index contributed by atoms with van der Waals surface area (Å²) in [5, 5.41) is 0.931. The molecule has 4 aromatic rings. The van der Waals surface area contributed by atoms with Gasteiger partial charge in [0.05, 0.1) is 35.5 Å². The van der Waals surface area contributed by atoms with Crippen LogP contribution in [0.1, 0.15) is 30.8 Å². The number of benzene rings is 2. The zero-order chi connectivity index (χ0) is 27.3. The Morgan fingerprint density at radius 1 is 1.21 bits per heavy atom. The first-order valence-corrected chi connectivity index (χ1v) is 12.9. The maximum absolute atomic E-state index is 13.7. The number of aromatic nitrogens is 4. The fraction of sp³-hybridized carbons (Fsp3) is 0.333. The Balaban J connectivity index is 1.41. The number of carbonyl (C=O) groups excluding carboxylic acids is 1. The van der Waals surface area contributed by atoms with Gasteiger partial charge < -0.3 is 14.4 Å². The molecule has 2 aromatic heterocycles. The second kappa shape index (κ2) is 9.96. The Bertz CT molecular complexity index is 1620. The minimum Gasteiger partial charge on any atom is -0.490 e. The highest BCUT2D eigenvalue weighted by Crippen LogP contribution is 2.36. The number of imidazole rings is 1. The van der Waals surface area contributed by atoms with Crippen molar-refractivity contribution in [3.63, 3.8) is 0 Å². The summed E-state index contributed by atoms with van der Waals surface area (Å²) >= 11 is 6.00. The number of carbonyl (C=O) groups is 1. The van der Waals surface area contributed by atoms with Crippen LogP contribution < -0.4 is 10.3 Å². The molecule has 0 aliphatic carbocycles. The third-order valence-corrected chi connectivity index (χ3v) is 7.45. The van der Waals surface area contributed by atoms with Crippen molar-refractivity contribution in [1.29, 1.82) is 0 Å². The van der Waals surface area contributed by atoms with Gasteiger partial charge in [-0.3, -0.25) is 13.9 Å². The third kappa shape index (κ3) is 4.82. The van der Waals surface area contributed by atoms with Crippen LogP contribution >= 0.6 is 11.6 Å². The minimum absolute atomic E-state index is 0.0980. The molecule has 2 fully saturated rings. The van der Waals surface area contributed by atoms with Gasteiger partial charge in [0, 0.05) is 36.2 Å². The Morgan fingerprint density at radius 2 is 2.00 bits per heavy atom. The molecule has 2 aliphatic rings. The molecule has 0 radical (unpaired) electrons. The summed E-state index contributed by atoms with van der Waals surface area (Å²) in [5.74, 6) is 0.838. The number of rotatable bonds is 6. The number of hydrogen-bond donors (Lipinski definition) is 0. The number of ether oxygens (including phenoxy) is 2. The van der Waals surface area contributed by atoms with Crippen LogP contribution in [0, 0.1) is 6.92 Å². The summed E-state index contributed by atoms with van der Waals surface area (Å²) in [6.07, 6.45) is 2.79. The van der Waals surface area contributed by atoms with E-state index in [0.29, 0.717) is 70.2 Å². The van der Waals surface area contributed by atoms with Gasteiger partial charge in [-0.25, -0.2) is 14.8 Å². The number of aryl methyl sites for hydroxylation is 1. The summed E-state index contributed by atoms with van der Waals surface area (Å²) in [7, 11) is 0. The summed E-state index contributed by atoms with van der Waals surface area (Å²) < 4.78 is 40.5. The summed E-state index contributed by atoms with van der Waals surface area (Å²) in [5.41, 5.74) is 1.75. The van der Waals surface area contributed by atoms with Crippen LogP contribution in [0.4, 0.5) is 13.6 Å². The Labute approximate surface area is 226 Å². The number of fused-ring (bicyclic) bond motifs is 2. The first-order valence-electron chi connectivity index (χ1n) is 12.5. The van der Waals surface area contributed by atoms with E-state index in [1.54, 1.807) is 40.7 Å². The predicted molar refractivity (Wildman–Crippen MR) is 139 cm³/mol. The van der Waals surface area contributed by atoms with E-state index < -0.39 is 6.55 Å². The first kappa shape index (κ1) is 25.3. The normalized spacial score (nSPS) is 19.0. The van der Waals surface area contributed by atoms with E-state index in [0.717, 1.165) is 11.9 Å². The zero-order valence-corrected chi connectivity index (χ0v) is 21.6. The summed E-state index contributed by atoms with van der Waals surface area (Å²) in [6, 6.07) is 10.4. The maximum Gasteiger partial charge on any atom is 0.410 e. The molecule has 0 spiro atoms. The lowest BCUT2D eigenvalue weighted by molar-refractivity contribution is 0.0701. The van der Waals surface area contributed by atoms with Crippen LogP contribution in [0.25, 0.3) is 22.2 Å². The van der Waals surface area contributed by atoms with Crippen molar-refractivity contribution in [2.45, 2.75) is 45.0 Å². The SMILES string of the molecule is Cc1nc2cc(-c3cn(C(F)F)cn3)c(O[C@H]3CCN4C(=O)OC[C@@H]4C3)cc2c(=O)n1Cc1ccc(Cl)cc1. The lowest BCUT2D eigenvalue weighted by atomic mass is 10.0. The van der Waals surface area contributed by atoms with Gasteiger partial charge in [-0.05, 0) is 36.8 Å². The first-order chi connectivity index (χ1) is 18.8. The van der Waals surface area contributed by atoms with Gasteiger partial charge in [0.1, 0.15) is 24.3 Å². The molecule has 2 atom stereocenters. The van der Waals surface area contributed by atoms with Crippen molar-refractivity contribution in [1.82, 2.24) is 24.0 Å². The molecule has 0 N–H and O–H groups in total. The number of piperidine rings is 1. The molecule has 2 saturated heterocycles. The molecule has 0 bridgehead atoms. The lowest BCUT2D eigenvalue weighted by Crippen LogP contribution is -2.44. The largest absolute Gasteiger partial charge is 0.490 e. The van der Waals surface area contributed by atoms with Crippen molar-refractivity contribution in [2.24, 2.45) is 0 Å². The van der Waals surface area contributed by atoms with E-state index >= 15 is 0 Å². The molecule has 0 unspecified atom stereocenters. The van der Waals surface area contributed by atoms with Crippen molar-refractivity contribution >= 4 is 28.6 Å². The van der Waals surface area contributed by atoms with Crippen LogP contribution in [-0.2, 0) is 11.3 Å². The standard InChI is InChI=1S/C27H24ClF2N5O4/c1-15-32-22-9-20(23-12-33(14-31-23)26(29)30)24(39-19-6-7-34-18(8-19)13-38-27(34)37)10-21(22)25(36)35(15)11-16-2-4-17(28)5-3-16/h2-5,9-10,12,14,18-19,26H,6-8,11,13H2,1H3/t18-,19-/m0/s1. The Hall–Kier alpha value is -3.99. The molecule has 202 valence electrons. The number of alkyl halides is 2. The van der Waals surface area contributed by atoms with E-state index in [4.69, 9.17) is 21.1 Å². The second-order valence-corrected chi connectivity index (χ2v) is 10.2. The molecule has 39 heavy (non-hydrogen) atoms. The molecule has 0 saturated carbocycles. The highest BCUT2D eigenvalue weighted by atomic mass is 35.5. The molecule has 9 nitrogen and oxygen atoms in total. The maximum atomic E-state index is 13.7. The number of nitrogens with zero attached hydrogens (tertiary/aromatic N) is 5. The number of amides is 1. The zero-order valence-electron chi connectivity index (χ0n) is 20.9. The average molecular weight is 556 g/mol. The van der Waals surface area contributed by atoms with Crippen molar-refractivity contribution in [2.75, 3.05) is 13.2 Å². The number of hydrogen-bond acceptors (Lipinski definition) is 6. The van der Waals surface area contributed by atoms with E-state index in [-0.39, 0.29) is 29.5 Å². The van der Waals surface area contributed by atoms with Crippen LogP contribution in [0.15, 0.2) is 53.7 Å². The molecule has 2 aromatic carbocycles. The molecule has 2 aliphatic heterocycles. The second-order valence-electron chi connectivity index (χ2n) is 9.71. The smallest absolute Gasteiger partial charge is 0.410 e. The number of cyclic esters (lactones) is 1. The van der Waals surface area contributed by atoms with Crippen molar-refractivity contribution in [3.8, 4) is 17.0 Å². The van der Waals surface area contributed by atoms with Crippen LogP contribution in [0.3, 0.4) is 0 Å². The fourth-order valence-corrected chi connectivity index (χ4v) is 5.27. The van der Waals surface area contributed by atoms with Gasteiger partial charge in [0.2, 0.25) is 0 Å². The fourth-order valence-electron chi connectivity index (χ4n) is 5.15. The van der Waals surface area contributed by atoms with Gasteiger partial charge >= 0.3 is 12.6 Å². The van der Waals surface area contributed by atoms with Gasteiger partial charge in [-0.1, -0.05) is 23.7 Å². The molecule has 6 rings (SSSR count). The van der Waals surface area contributed by atoms with Crippen LogP contribution in [-0.4, -0.2) is 55.4 Å². The predicted octanol–water partition coefficient (Wildman–Crippen LogP) is 5.03. The van der Waals surface area contributed by atoms with Gasteiger partial charge in [-0.2, -0.15) is 8.78 Å². The van der Waals surface area contributed by atoms with Crippen molar-refractivity contribution < 1.29 is 23.0 Å². The van der Waals surface area contributed by atoms with E-state index in [1.807, 2.05) is 12.1 Å². The summed E-state index contributed by atoms with van der Waals surface area (Å²) in [4.78, 5) is 36.1. The quantitative estimate of drug-likeness (QED) is 0.331. The lowest BCUT2D eigenvalue weighted by Gasteiger charge is -2.33. The molecular formula is C27H24ClF2N5O4. The Morgan fingerprint density at radius 3 is 2.74 bits per heavy atom. The highest BCUT2D eigenvalue weighted by molar-refractivity contribution is 6.30. The van der Waals surface area contributed by atoms with E-state index in [2.05, 4.69) is 9.97 Å². The van der Waals surface area contributed by atoms with E-state index in [9.17, 15) is 18.4 Å². The van der Waals surface area contributed by atoms with E-state index in [1.165, 1.54) is 6.20 Å². The molecule has 4 heterocycles. The minimum atomic E-state index is -2.75. The molecular weight excluding hydrogens is 532 g/mol. The topological polar surface area (TPSA) is 91.5 Å².